The Morgan fingerprint density at radius 2 is 2.25 bits per heavy atom. The largest absolute Gasteiger partial charge is 0.484 e. The minimum absolute atomic E-state index is 0.177. The van der Waals surface area contributed by atoms with Crippen LogP contribution in [0.2, 0.25) is 5.02 Å². The second-order valence-electron chi connectivity index (χ2n) is 5.86. The van der Waals surface area contributed by atoms with E-state index >= 15 is 0 Å². The fraction of sp³-hybridized carbons (Fsp3) is 0.625. The van der Waals surface area contributed by atoms with Gasteiger partial charge in [-0.05, 0) is 44.5 Å². The second-order valence-corrected chi connectivity index (χ2v) is 6.30. The van der Waals surface area contributed by atoms with Gasteiger partial charge in [0.05, 0.1) is 6.10 Å². The molecule has 1 aromatic rings. The summed E-state index contributed by atoms with van der Waals surface area (Å²) in [4.78, 5) is 0. The second kappa shape index (κ2) is 5.55. The molecule has 1 aliphatic heterocycles. The maximum absolute atomic E-state index is 6.43. The molecule has 3 nitrogen and oxygen atoms in total. The van der Waals surface area contributed by atoms with Crippen LogP contribution in [0, 0.1) is 0 Å². The highest BCUT2D eigenvalue weighted by Crippen LogP contribution is 2.47. The van der Waals surface area contributed by atoms with Gasteiger partial charge in [0.25, 0.3) is 0 Å². The lowest BCUT2D eigenvalue weighted by atomic mass is 9.75. The molecule has 1 aromatic carbocycles. The maximum atomic E-state index is 6.43. The molecule has 20 heavy (non-hydrogen) atoms. The maximum Gasteiger partial charge on any atom is 0.137 e. The zero-order valence-electron chi connectivity index (χ0n) is 12.1. The molecule has 0 aromatic heterocycles. The first kappa shape index (κ1) is 14.2. The van der Waals surface area contributed by atoms with E-state index in [1.165, 1.54) is 12.8 Å². The highest BCUT2D eigenvalue weighted by Gasteiger charge is 2.48. The van der Waals surface area contributed by atoms with E-state index in [4.69, 9.17) is 21.1 Å². The molecule has 3 unspecified atom stereocenters. The number of hydrogen-bond donors (Lipinski definition) is 1. The first-order valence-corrected chi connectivity index (χ1v) is 7.75. The summed E-state index contributed by atoms with van der Waals surface area (Å²) in [5, 5.41) is 4.17. The Kier molecular flexibility index (Phi) is 3.93. The number of hydrogen-bond acceptors (Lipinski definition) is 3. The normalized spacial score (nSPS) is 32.8. The van der Waals surface area contributed by atoms with Crippen molar-refractivity contribution >= 4 is 11.6 Å². The molecule has 1 fully saturated rings. The van der Waals surface area contributed by atoms with Gasteiger partial charge in [-0.15, -0.1) is 0 Å². The van der Waals surface area contributed by atoms with Gasteiger partial charge in [0.1, 0.15) is 11.4 Å². The number of benzene rings is 1. The van der Waals surface area contributed by atoms with Crippen LogP contribution < -0.4 is 10.1 Å². The zero-order chi connectivity index (χ0) is 14.2. The van der Waals surface area contributed by atoms with Crippen molar-refractivity contribution in [2.75, 3.05) is 14.2 Å². The lowest BCUT2D eigenvalue weighted by Gasteiger charge is -2.48. The number of halogens is 1. The number of fused-ring (bicyclic) bond motifs is 1. The predicted molar refractivity (Wildman–Crippen MR) is 80.5 cm³/mol. The summed E-state index contributed by atoms with van der Waals surface area (Å²) in [5.41, 5.74) is 0.965. The predicted octanol–water partition coefficient (Wildman–Crippen LogP) is 3.71. The molecule has 110 valence electrons. The van der Waals surface area contributed by atoms with Crippen molar-refractivity contribution in [2.24, 2.45) is 0 Å². The summed E-state index contributed by atoms with van der Waals surface area (Å²) in [7, 11) is 3.80. The third kappa shape index (κ3) is 2.32. The van der Waals surface area contributed by atoms with Crippen LogP contribution in [0.25, 0.3) is 0 Å². The molecule has 1 spiro atoms. The average molecular weight is 296 g/mol. The van der Waals surface area contributed by atoms with E-state index in [-0.39, 0.29) is 17.7 Å². The van der Waals surface area contributed by atoms with Crippen molar-refractivity contribution < 1.29 is 9.47 Å². The van der Waals surface area contributed by atoms with Crippen molar-refractivity contribution in [2.45, 2.75) is 49.9 Å². The third-order valence-electron chi connectivity index (χ3n) is 4.75. The Labute approximate surface area is 125 Å². The van der Waals surface area contributed by atoms with Crippen LogP contribution in [0.5, 0.6) is 5.75 Å². The fourth-order valence-electron chi connectivity index (χ4n) is 3.72. The van der Waals surface area contributed by atoms with Gasteiger partial charge in [0.15, 0.2) is 0 Å². The molecule has 3 atom stereocenters. The molecule has 1 N–H and O–H groups in total. The van der Waals surface area contributed by atoms with Gasteiger partial charge in [-0.3, -0.25) is 0 Å². The lowest BCUT2D eigenvalue weighted by molar-refractivity contribution is -0.115. The van der Waals surface area contributed by atoms with Gasteiger partial charge in [-0.1, -0.05) is 18.0 Å². The van der Waals surface area contributed by atoms with Gasteiger partial charge in [0, 0.05) is 30.2 Å². The summed E-state index contributed by atoms with van der Waals surface area (Å²) in [6, 6.07) is 6.17. The first-order chi connectivity index (χ1) is 9.68. The van der Waals surface area contributed by atoms with E-state index < -0.39 is 0 Å². The summed E-state index contributed by atoms with van der Waals surface area (Å²) < 4.78 is 12.2. The van der Waals surface area contributed by atoms with Crippen molar-refractivity contribution in [3.63, 3.8) is 0 Å². The van der Waals surface area contributed by atoms with Crippen molar-refractivity contribution in [1.82, 2.24) is 5.32 Å². The Bertz CT molecular complexity index is 493. The Balaban J connectivity index is 1.99. The topological polar surface area (TPSA) is 30.5 Å². The van der Waals surface area contributed by atoms with Crippen LogP contribution >= 0.6 is 11.6 Å². The molecular weight excluding hydrogens is 274 g/mol. The highest BCUT2D eigenvalue weighted by atomic mass is 35.5. The van der Waals surface area contributed by atoms with E-state index in [0.717, 1.165) is 35.6 Å². The summed E-state index contributed by atoms with van der Waals surface area (Å²) in [6.45, 7) is 0. The molecule has 1 saturated carbocycles. The molecule has 1 heterocycles. The first-order valence-electron chi connectivity index (χ1n) is 7.37. The molecule has 1 aliphatic carbocycles. The van der Waals surface area contributed by atoms with Gasteiger partial charge >= 0.3 is 0 Å². The molecule has 4 heteroatoms. The SMILES string of the molecule is CNC1CC2(CCCCC2OC)Oc2ccc(Cl)cc21. The average Bonchev–Trinajstić information content (AvgIpc) is 2.47. The van der Waals surface area contributed by atoms with Crippen LogP contribution in [0.4, 0.5) is 0 Å². The summed E-state index contributed by atoms with van der Waals surface area (Å²) >= 11 is 6.12. The van der Waals surface area contributed by atoms with E-state index in [1.54, 1.807) is 7.11 Å². The number of ether oxygens (including phenoxy) is 2. The van der Waals surface area contributed by atoms with E-state index in [2.05, 4.69) is 5.32 Å². The summed E-state index contributed by atoms with van der Waals surface area (Å²) in [5.74, 6) is 0.948. The van der Waals surface area contributed by atoms with Crippen LogP contribution in [-0.2, 0) is 4.74 Å². The van der Waals surface area contributed by atoms with Crippen molar-refractivity contribution in [1.29, 1.82) is 0 Å². The van der Waals surface area contributed by atoms with Crippen molar-refractivity contribution in [3.05, 3.63) is 28.8 Å². The Morgan fingerprint density at radius 3 is 3.00 bits per heavy atom. The van der Waals surface area contributed by atoms with E-state index in [0.29, 0.717) is 0 Å². The number of methoxy groups -OCH3 is 1. The minimum Gasteiger partial charge on any atom is -0.484 e. The Morgan fingerprint density at radius 1 is 1.40 bits per heavy atom. The Hall–Kier alpha value is -0.770. The van der Waals surface area contributed by atoms with Crippen LogP contribution in [0.3, 0.4) is 0 Å². The summed E-state index contributed by atoms with van der Waals surface area (Å²) in [6.07, 6.45) is 5.69. The molecule has 3 rings (SSSR count). The zero-order valence-corrected chi connectivity index (χ0v) is 12.9. The van der Waals surface area contributed by atoms with Crippen LogP contribution in [0.15, 0.2) is 18.2 Å². The number of rotatable bonds is 2. The smallest absolute Gasteiger partial charge is 0.137 e. The van der Waals surface area contributed by atoms with Gasteiger partial charge in [0.2, 0.25) is 0 Å². The van der Waals surface area contributed by atoms with Gasteiger partial charge in [-0.2, -0.15) is 0 Å². The molecule has 0 saturated heterocycles. The molecule has 0 bridgehead atoms. The van der Waals surface area contributed by atoms with E-state index in [9.17, 15) is 0 Å². The molecular formula is C16H22ClNO2. The quantitative estimate of drug-likeness (QED) is 0.902. The molecule has 0 radical (unpaired) electrons. The van der Waals surface area contributed by atoms with E-state index in [1.807, 2.05) is 25.2 Å². The third-order valence-corrected chi connectivity index (χ3v) is 4.98. The molecule has 0 amide bonds. The standard InChI is InChI=1S/C16H22ClNO2/c1-18-13-10-16(8-4-3-5-15(16)19-2)20-14-7-6-11(17)9-12(13)14/h6-7,9,13,15,18H,3-5,8,10H2,1-2H3. The lowest BCUT2D eigenvalue weighted by Crippen LogP contribution is -2.54. The highest BCUT2D eigenvalue weighted by molar-refractivity contribution is 6.30. The fourth-order valence-corrected chi connectivity index (χ4v) is 3.90. The van der Waals surface area contributed by atoms with Crippen LogP contribution in [-0.4, -0.2) is 25.9 Å². The number of nitrogens with one attached hydrogen (secondary N) is 1. The van der Waals surface area contributed by atoms with Crippen LogP contribution in [0.1, 0.15) is 43.7 Å². The monoisotopic (exact) mass is 295 g/mol. The van der Waals surface area contributed by atoms with Gasteiger partial charge < -0.3 is 14.8 Å². The molecule has 2 aliphatic rings. The van der Waals surface area contributed by atoms with Crippen molar-refractivity contribution in [3.8, 4) is 5.75 Å². The minimum atomic E-state index is -0.193. The van der Waals surface area contributed by atoms with Gasteiger partial charge in [-0.25, -0.2) is 0 Å².